The minimum absolute atomic E-state index is 0.232. The first-order chi connectivity index (χ1) is 13.5. The summed E-state index contributed by atoms with van der Waals surface area (Å²) in [7, 11) is 0. The van der Waals surface area contributed by atoms with Crippen LogP contribution in [-0.2, 0) is 0 Å². The second-order valence-electron chi connectivity index (χ2n) is 6.31. The molecule has 2 aromatic carbocycles. The molecule has 0 spiro atoms. The minimum Gasteiger partial charge on any atom is -0.322 e. The highest BCUT2D eigenvalue weighted by Crippen LogP contribution is 2.13. The zero-order valence-corrected chi connectivity index (χ0v) is 15.6. The molecule has 6 nitrogen and oxygen atoms in total. The zero-order chi connectivity index (χ0) is 19.9. The summed E-state index contributed by atoms with van der Waals surface area (Å²) in [5.41, 5.74) is 6.46. The largest absolute Gasteiger partial charge is 0.322 e. The van der Waals surface area contributed by atoms with Gasteiger partial charge in [0.05, 0.1) is 11.9 Å². The first kappa shape index (κ1) is 19.0. The van der Waals surface area contributed by atoms with Crippen LogP contribution in [0.5, 0.6) is 0 Å². The second kappa shape index (κ2) is 8.73. The van der Waals surface area contributed by atoms with Crippen LogP contribution >= 0.6 is 0 Å². The van der Waals surface area contributed by atoms with Crippen LogP contribution in [0.4, 0.5) is 5.69 Å². The van der Waals surface area contributed by atoms with Crippen LogP contribution < -0.4 is 10.7 Å². The van der Waals surface area contributed by atoms with E-state index in [0.29, 0.717) is 22.5 Å². The number of anilines is 1. The third-order valence-corrected chi connectivity index (χ3v) is 3.94. The van der Waals surface area contributed by atoms with E-state index in [1.165, 1.54) is 6.21 Å². The van der Waals surface area contributed by atoms with Crippen molar-refractivity contribution in [3.8, 4) is 0 Å². The number of hydrogen-bond donors (Lipinski definition) is 2. The maximum atomic E-state index is 12.4. The van der Waals surface area contributed by atoms with Crippen LogP contribution in [-0.4, -0.2) is 23.0 Å². The number of aryl methyl sites for hydroxylation is 2. The molecule has 0 bridgehead atoms. The third-order valence-electron chi connectivity index (χ3n) is 3.94. The number of amides is 2. The van der Waals surface area contributed by atoms with Crippen molar-refractivity contribution >= 4 is 23.7 Å². The number of pyridine rings is 1. The zero-order valence-electron chi connectivity index (χ0n) is 15.6. The van der Waals surface area contributed by atoms with Gasteiger partial charge >= 0.3 is 0 Å². The van der Waals surface area contributed by atoms with Crippen molar-refractivity contribution in [1.82, 2.24) is 10.4 Å². The smallest absolute Gasteiger partial charge is 0.271 e. The number of carbonyl (C=O) groups is 2. The Labute approximate surface area is 163 Å². The van der Waals surface area contributed by atoms with Crippen LogP contribution in [0.3, 0.4) is 0 Å². The minimum atomic E-state index is -0.379. The van der Waals surface area contributed by atoms with Crippen LogP contribution in [0.2, 0.25) is 0 Å². The Morgan fingerprint density at radius 1 is 0.893 bits per heavy atom. The molecule has 0 fully saturated rings. The number of hydrazone groups is 1. The predicted octanol–water partition coefficient (Wildman–Crippen LogP) is 3.71. The molecule has 0 saturated heterocycles. The van der Waals surface area contributed by atoms with Gasteiger partial charge in [-0.25, -0.2) is 5.43 Å². The summed E-state index contributed by atoms with van der Waals surface area (Å²) in [5, 5.41) is 6.73. The van der Waals surface area contributed by atoms with Crippen molar-refractivity contribution in [2.24, 2.45) is 5.10 Å². The topological polar surface area (TPSA) is 83.5 Å². The molecule has 140 valence electrons. The SMILES string of the molecule is Cc1cccc(C(=O)Nc2cccc(C(=O)N/N=C/c3cccc(C)n3)c2)c1. The highest BCUT2D eigenvalue weighted by atomic mass is 16.2. The normalized spacial score (nSPS) is 10.6. The average Bonchev–Trinajstić information content (AvgIpc) is 2.68. The predicted molar refractivity (Wildman–Crippen MR) is 110 cm³/mol. The van der Waals surface area contributed by atoms with E-state index in [1.807, 2.05) is 38.1 Å². The summed E-state index contributed by atoms with van der Waals surface area (Å²) in [6.07, 6.45) is 1.48. The Hall–Kier alpha value is -3.80. The maximum absolute atomic E-state index is 12.4. The highest BCUT2D eigenvalue weighted by Gasteiger charge is 2.09. The van der Waals surface area contributed by atoms with Gasteiger partial charge in [-0.05, 0) is 56.3 Å². The van der Waals surface area contributed by atoms with Gasteiger partial charge in [-0.3, -0.25) is 14.6 Å². The molecule has 3 aromatic rings. The Morgan fingerprint density at radius 2 is 1.61 bits per heavy atom. The molecule has 2 amide bonds. The molecule has 3 rings (SSSR count). The summed E-state index contributed by atoms with van der Waals surface area (Å²) in [6.45, 7) is 3.81. The van der Waals surface area contributed by atoms with Gasteiger partial charge in [-0.15, -0.1) is 0 Å². The fraction of sp³-hybridized carbons (Fsp3) is 0.0909. The standard InChI is InChI=1S/C22H20N4O2/c1-15-6-3-8-17(12-15)21(27)25-19-10-5-9-18(13-19)22(28)26-23-14-20-11-4-7-16(2)24-20/h3-14H,1-2H3,(H,25,27)(H,26,28)/b23-14+. The number of benzene rings is 2. The summed E-state index contributed by atoms with van der Waals surface area (Å²) >= 11 is 0. The average molecular weight is 372 g/mol. The lowest BCUT2D eigenvalue weighted by molar-refractivity contribution is 0.0953. The van der Waals surface area contributed by atoms with E-state index >= 15 is 0 Å². The summed E-state index contributed by atoms with van der Waals surface area (Å²) in [4.78, 5) is 28.9. The molecular formula is C22H20N4O2. The molecule has 0 aliphatic heterocycles. The van der Waals surface area contributed by atoms with E-state index in [4.69, 9.17) is 0 Å². The van der Waals surface area contributed by atoms with Gasteiger partial charge in [0, 0.05) is 22.5 Å². The second-order valence-corrected chi connectivity index (χ2v) is 6.31. The van der Waals surface area contributed by atoms with Crippen LogP contribution in [0.25, 0.3) is 0 Å². The monoisotopic (exact) mass is 372 g/mol. The van der Waals surface area contributed by atoms with E-state index in [2.05, 4.69) is 20.8 Å². The Morgan fingerprint density at radius 3 is 2.36 bits per heavy atom. The fourth-order valence-corrected chi connectivity index (χ4v) is 2.59. The van der Waals surface area contributed by atoms with Crippen LogP contribution in [0.15, 0.2) is 71.8 Å². The van der Waals surface area contributed by atoms with E-state index in [1.54, 1.807) is 42.5 Å². The van der Waals surface area contributed by atoms with Crippen molar-refractivity contribution in [1.29, 1.82) is 0 Å². The molecule has 0 saturated carbocycles. The number of nitrogens with zero attached hydrogens (tertiary/aromatic N) is 2. The molecule has 6 heteroatoms. The van der Waals surface area contributed by atoms with Gasteiger partial charge in [0.1, 0.15) is 0 Å². The highest BCUT2D eigenvalue weighted by molar-refractivity contribution is 6.05. The lowest BCUT2D eigenvalue weighted by Crippen LogP contribution is -2.18. The quantitative estimate of drug-likeness (QED) is 0.529. The van der Waals surface area contributed by atoms with E-state index < -0.39 is 0 Å². The fourth-order valence-electron chi connectivity index (χ4n) is 2.59. The number of hydrogen-bond acceptors (Lipinski definition) is 4. The number of aromatic nitrogens is 1. The lowest BCUT2D eigenvalue weighted by atomic mass is 10.1. The summed E-state index contributed by atoms with van der Waals surface area (Å²) in [5.74, 6) is -0.611. The summed E-state index contributed by atoms with van der Waals surface area (Å²) < 4.78 is 0. The Bertz CT molecular complexity index is 1040. The maximum Gasteiger partial charge on any atom is 0.271 e. The van der Waals surface area contributed by atoms with E-state index in [-0.39, 0.29) is 11.8 Å². The van der Waals surface area contributed by atoms with Crippen molar-refractivity contribution in [2.75, 3.05) is 5.32 Å². The van der Waals surface area contributed by atoms with Gasteiger partial charge in [-0.1, -0.05) is 29.8 Å². The first-order valence-electron chi connectivity index (χ1n) is 8.76. The van der Waals surface area contributed by atoms with Crippen molar-refractivity contribution in [2.45, 2.75) is 13.8 Å². The third kappa shape index (κ3) is 5.11. The Balaban J connectivity index is 1.65. The molecule has 28 heavy (non-hydrogen) atoms. The van der Waals surface area contributed by atoms with E-state index in [0.717, 1.165) is 11.3 Å². The number of rotatable bonds is 5. The van der Waals surface area contributed by atoms with Crippen molar-refractivity contribution in [3.63, 3.8) is 0 Å². The molecule has 1 heterocycles. The molecule has 2 N–H and O–H groups in total. The molecule has 0 unspecified atom stereocenters. The van der Waals surface area contributed by atoms with Gasteiger partial charge < -0.3 is 5.32 Å². The Kier molecular flexibility index (Phi) is 5.91. The van der Waals surface area contributed by atoms with E-state index in [9.17, 15) is 9.59 Å². The van der Waals surface area contributed by atoms with Gasteiger partial charge in [0.2, 0.25) is 0 Å². The van der Waals surface area contributed by atoms with Crippen molar-refractivity contribution in [3.05, 3.63) is 94.8 Å². The van der Waals surface area contributed by atoms with Crippen LogP contribution in [0.1, 0.15) is 37.7 Å². The number of nitrogens with one attached hydrogen (secondary N) is 2. The molecule has 1 aromatic heterocycles. The lowest BCUT2D eigenvalue weighted by Gasteiger charge is -2.07. The number of carbonyl (C=O) groups excluding carboxylic acids is 2. The molecule has 0 radical (unpaired) electrons. The molecule has 0 aliphatic rings. The molecule has 0 aliphatic carbocycles. The van der Waals surface area contributed by atoms with Gasteiger partial charge in [0.25, 0.3) is 11.8 Å². The molecular weight excluding hydrogens is 352 g/mol. The van der Waals surface area contributed by atoms with Crippen LogP contribution in [0, 0.1) is 13.8 Å². The molecule has 0 atom stereocenters. The van der Waals surface area contributed by atoms with Gasteiger partial charge in [0.15, 0.2) is 0 Å². The first-order valence-corrected chi connectivity index (χ1v) is 8.76. The van der Waals surface area contributed by atoms with Crippen molar-refractivity contribution < 1.29 is 9.59 Å². The van der Waals surface area contributed by atoms with Gasteiger partial charge in [-0.2, -0.15) is 5.10 Å². The summed E-state index contributed by atoms with van der Waals surface area (Å²) in [6, 6.07) is 19.5.